The molecule has 6 heteroatoms. The molecule has 0 aliphatic carbocycles. The molecule has 118 valence electrons. The van der Waals surface area contributed by atoms with E-state index in [4.69, 9.17) is 0 Å². The van der Waals surface area contributed by atoms with E-state index in [1.54, 1.807) is 0 Å². The standard InChI is InChI=1S/C15H25N3O2S/c1-13-8-10-18(11-9-13)15(12-17-21(19,20)16-2)14-6-4-3-5-7-14/h3-7,13,15-17H,8-12H2,1-2H3. The molecule has 1 fully saturated rings. The number of hydrogen-bond acceptors (Lipinski definition) is 3. The SMILES string of the molecule is CNS(=O)(=O)NCC(c1ccccc1)N1CCC(C)CC1. The van der Waals surface area contributed by atoms with Gasteiger partial charge in [-0.15, -0.1) is 0 Å². The maximum atomic E-state index is 11.6. The van der Waals surface area contributed by atoms with Gasteiger partial charge in [0.25, 0.3) is 10.2 Å². The van der Waals surface area contributed by atoms with Crippen molar-refractivity contribution in [2.24, 2.45) is 5.92 Å². The van der Waals surface area contributed by atoms with Crippen molar-refractivity contribution in [3.05, 3.63) is 35.9 Å². The first-order valence-corrected chi connectivity index (χ1v) is 8.97. The van der Waals surface area contributed by atoms with Gasteiger partial charge in [-0.1, -0.05) is 37.3 Å². The van der Waals surface area contributed by atoms with Crippen molar-refractivity contribution in [3.8, 4) is 0 Å². The van der Waals surface area contributed by atoms with Gasteiger partial charge in [-0.05, 0) is 37.4 Å². The highest BCUT2D eigenvalue weighted by molar-refractivity contribution is 7.87. The van der Waals surface area contributed by atoms with Crippen LogP contribution in [0.15, 0.2) is 30.3 Å². The normalized spacial score (nSPS) is 19.5. The molecule has 1 aromatic rings. The van der Waals surface area contributed by atoms with Gasteiger partial charge in [-0.25, -0.2) is 9.44 Å². The summed E-state index contributed by atoms with van der Waals surface area (Å²) in [5.74, 6) is 0.756. The van der Waals surface area contributed by atoms with Crippen molar-refractivity contribution >= 4 is 10.2 Å². The van der Waals surface area contributed by atoms with Gasteiger partial charge in [0.1, 0.15) is 0 Å². The van der Waals surface area contributed by atoms with Gasteiger partial charge in [0.15, 0.2) is 0 Å². The van der Waals surface area contributed by atoms with Gasteiger partial charge in [0, 0.05) is 19.6 Å². The molecule has 0 amide bonds. The zero-order valence-electron chi connectivity index (χ0n) is 12.7. The number of piperidine rings is 1. The Morgan fingerprint density at radius 1 is 1.24 bits per heavy atom. The number of nitrogens with one attached hydrogen (secondary N) is 2. The monoisotopic (exact) mass is 311 g/mol. The van der Waals surface area contributed by atoms with Crippen molar-refractivity contribution in [3.63, 3.8) is 0 Å². The van der Waals surface area contributed by atoms with Crippen molar-refractivity contribution in [2.45, 2.75) is 25.8 Å². The maximum Gasteiger partial charge on any atom is 0.276 e. The van der Waals surface area contributed by atoms with Gasteiger partial charge >= 0.3 is 0 Å². The summed E-state index contributed by atoms with van der Waals surface area (Å²) in [6.45, 7) is 4.70. The van der Waals surface area contributed by atoms with Crippen LogP contribution in [-0.4, -0.2) is 40.0 Å². The minimum Gasteiger partial charge on any atom is -0.295 e. The predicted molar refractivity (Wildman–Crippen MR) is 85.1 cm³/mol. The molecule has 1 atom stereocenters. The van der Waals surface area contributed by atoms with Gasteiger partial charge in [-0.3, -0.25) is 4.90 Å². The highest BCUT2D eigenvalue weighted by Crippen LogP contribution is 2.26. The molecule has 1 saturated heterocycles. The van der Waals surface area contributed by atoms with Crippen LogP contribution in [-0.2, 0) is 10.2 Å². The average Bonchev–Trinajstić information content (AvgIpc) is 2.50. The van der Waals surface area contributed by atoms with Gasteiger partial charge < -0.3 is 0 Å². The first kappa shape index (κ1) is 16.4. The molecule has 1 heterocycles. The number of rotatable bonds is 6. The molecule has 1 unspecified atom stereocenters. The molecular weight excluding hydrogens is 286 g/mol. The van der Waals surface area contributed by atoms with Crippen LogP contribution in [0.3, 0.4) is 0 Å². The lowest BCUT2D eigenvalue weighted by Crippen LogP contribution is -2.44. The minimum atomic E-state index is -3.40. The first-order chi connectivity index (χ1) is 10.0. The predicted octanol–water partition coefficient (Wildman–Crippen LogP) is 1.51. The highest BCUT2D eigenvalue weighted by atomic mass is 32.2. The molecule has 21 heavy (non-hydrogen) atoms. The number of benzene rings is 1. The average molecular weight is 311 g/mol. The topological polar surface area (TPSA) is 61.4 Å². The summed E-state index contributed by atoms with van der Waals surface area (Å²) in [4.78, 5) is 2.38. The Morgan fingerprint density at radius 2 is 1.86 bits per heavy atom. The van der Waals surface area contributed by atoms with Crippen LogP contribution in [0.25, 0.3) is 0 Å². The zero-order chi connectivity index (χ0) is 15.3. The van der Waals surface area contributed by atoms with E-state index in [2.05, 4.69) is 33.4 Å². The Kier molecular flexibility index (Phi) is 5.75. The summed E-state index contributed by atoms with van der Waals surface area (Å²) in [6.07, 6.45) is 2.34. The quantitative estimate of drug-likeness (QED) is 0.837. The van der Waals surface area contributed by atoms with Crippen molar-refractivity contribution in [1.29, 1.82) is 0 Å². The van der Waals surface area contributed by atoms with Gasteiger partial charge in [-0.2, -0.15) is 8.42 Å². The molecular formula is C15H25N3O2S. The summed E-state index contributed by atoms with van der Waals surface area (Å²) in [7, 11) is -1.98. The summed E-state index contributed by atoms with van der Waals surface area (Å²) >= 11 is 0. The van der Waals surface area contributed by atoms with Crippen molar-refractivity contribution in [2.75, 3.05) is 26.7 Å². The van der Waals surface area contributed by atoms with Gasteiger partial charge in [0.05, 0.1) is 0 Å². The summed E-state index contributed by atoms with van der Waals surface area (Å²) in [5.41, 5.74) is 1.16. The third kappa shape index (κ3) is 4.78. The number of hydrogen-bond donors (Lipinski definition) is 2. The minimum absolute atomic E-state index is 0.0850. The molecule has 0 radical (unpaired) electrons. The van der Waals surface area contributed by atoms with E-state index in [9.17, 15) is 8.42 Å². The van der Waals surface area contributed by atoms with Crippen molar-refractivity contribution < 1.29 is 8.42 Å². The third-order valence-corrected chi connectivity index (χ3v) is 5.26. The second kappa shape index (κ2) is 7.35. The van der Waals surface area contributed by atoms with E-state index in [1.165, 1.54) is 19.9 Å². The molecule has 0 bridgehead atoms. The van der Waals surface area contributed by atoms with Crippen LogP contribution < -0.4 is 9.44 Å². The van der Waals surface area contributed by atoms with E-state index in [1.807, 2.05) is 18.2 Å². The Labute approximate surface area is 127 Å². The lowest BCUT2D eigenvalue weighted by atomic mass is 9.96. The fraction of sp³-hybridized carbons (Fsp3) is 0.600. The third-order valence-electron chi connectivity index (χ3n) is 4.18. The zero-order valence-corrected chi connectivity index (χ0v) is 13.6. The highest BCUT2D eigenvalue weighted by Gasteiger charge is 2.25. The lowest BCUT2D eigenvalue weighted by molar-refractivity contribution is 0.139. The van der Waals surface area contributed by atoms with Crippen LogP contribution in [0.2, 0.25) is 0 Å². The Hall–Kier alpha value is -0.950. The van der Waals surface area contributed by atoms with Crippen LogP contribution in [0.1, 0.15) is 31.4 Å². The fourth-order valence-electron chi connectivity index (χ4n) is 2.73. The number of nitrogens with zero attached hydrogens (tertiary/aromatic N) is 1. The molecule has 2 rings (SSSR count). The molecule has 5 nitrogen and oxygen atoms in total. The Morgan fingerprint density at radius 3 is 2.43 bits per heavy atom. The molecule has 1 aliphatic rings. The summed E-state index contributed by atoms with van der Waals surface area (Å²) < 4.78 is 28.2. The van der Waals surface area contributed by atoms with Crippen LogP contribution in [0, 0.1) is 5.92 Å². The first-order valence-electron chi connectivity index (χ1n) is 7.49. The van der Waals surface area contributed by atoms with Crippen molar-refractivity contribution in [1.82, 2.24) is 14.3 Å². The number of likely N-dealkylation sites (tertiary alicyclic amines) is 1. The summed E-state index contributed by atoms with van der Waals surface area (Å²) in [6, 6.07) is 10.2. The van der Waals surface area contributed by atoms with Crippen LogP contribution in [0.5, 0.6) is 0 Å². The van der Waals surface area contributed by atoms with Gasteiger partial charge in [0.2, 0.25) is 0 Å². The summed E-state index contributed by atoms with van der Waals surface area (Å²) in [5, 5.41) is 0. The lowest BCUT2D eigenvalue weighted by Gasteiger charge is -2.37. The van der Waals surface area contributed by atoms with E-state index >= 15 is 0 Å². The van der Waals surface area contributed by atoms with Crippen LogP contribution in [0.4, 0.5) is 0 Å². The molecule has 2 N–H and O–H groups in total. The molecule has 1 aromatic carbocycles. The largest absolute Gasteiger partial charge is 0.295 e. The second-order valence-corrected chi connectivity index (χ2v) is 7.40. The van der Waals surface area contributed by atoms with E-state index < -0.39 is 10.2 Å². The van der Waals surface area contributed by atoms with E-state index in [0.717, 1.165) is 24.6 Å². The molecule has 0 saturated carbocycles. The van der Waals surface area contributed by atoms with E-state index in [-0.39, 0.29) is 6.04 Å². The molecule has 0 aromatic heterocycles. The fourth-order valence-corrected chi connectivity index (χ4v) is 3.26. The molecule has 1 aliphatic heterocycles. The van der Waals surface area contributed by atoms with Crippen LogP contribution >= 0.6 is 0 Å². The Bertz CT molecular complexity index is 525. The maximum absolute atomic E-state index is 11.6. The second-order valence-electron chi connectivity index (χ2n) is 5.70. The smallest absolute Gasteiger partial charge is 0.276 e. The van der Waals surface area contributed by atoms with E-state index in [0.29, 0.717) is 6.54 Å². The molecule has 0 spiro atoms. The Balaban J connectivity index is 2.11.